The van der Waals surface area contributed by atoms with Gasteiger partial charge in [-0.3, -0.25) is 15.1 Å². The number of hydrogen-bond donors (Lipinski definition) is 3. The van der Waals surface area contributed by atoms with Gasteiger partial charge in [0.25, 0.3) is 5.91 Å². The van der Waals surface area contributed by atoms with Crippen LogP contribution in [0.4, 0.5) is 39.4 Å². The van der Waals surface area contributed by atoms with Gasteiger partial charge in [-0.2, -0.15) is 8.78 Å². The van der Waals surface area contributed by atoms with Crippen LogP contribution in [0, 0.1) is 11.6 Å². The second-order valence-electron chi connectivity index (χ2n) is 9.40. The number of nitrogens with one attached hydrogen (secondary N) is 2. The fourth-order valence-corrected chi connectivity index (χ4v) is 4.77. The minimum absolute atomic E-state index is 0.0515. The minimum atomic E-state index is -3.19. The quantitative estimate of drug-likeness (QED) is 0.395. The molecule has 2 aromatic carbocycles. The molecule has 1 saturated carbocycles. The van der Waals surface area contributed by atoms with Crippen molar-refractivity contribution in [2.75, 3.05) is 48.3 Å². The van der Waals surface area contributed by atoms with Crippen LogP contribution in [-0.2, 0) is 16.1 Å². The van der Waals surface area contributed by atoms with Crippen LogP contribution in [0.2, 0.25) is 0 Å². The highest BCUT2D eigenvalue weighted by molar-refractivity contribution is 5.91. The van der Waals surface area contributed by atoms with Crippen molar-refractivity contribution >= 4 is 29.1 Å². The van der Waals surface area contributed by atoms with Gasteiger partial charge in [0.05, 0.1) is 18.3 Å². The van der Waals surface area contributed by atoms with Gasteiger partial charge in [0, 0.05) is 57.0 Å². The zero-order valence-corrected chi connectivity index (χ0v) is 19.7. The van der Waals surface area contributed by atoms with Gasteiger partial charge in [0.1, 0.15) is 5.69 Å². The molecule has 0 radical (unpaired) electrons. The Morgan fingerprint density at radius 3 is 2.54 bits per heavy atom. The van der Waals surface area contributed by atoms with Gasteiger partial charge < -0.3 is 20.7 Å². The molecule has 3 aliphatic rings. The van der Waals surface area contributed by atoms with E-state index in [0.29, 0.717) is 38.4 Å². The molecule has 2 unspecified atom stereocenters. The molecule has 2 saturated heterocycles. The van der Waals surface area contributed by atoms with E-state index in [-0.39, 0.29) is 24.3 Å². The van der Waals surface area contributed by atoms with Gasteiger partial charge in [-0.1, -0.05) is 12.1 Å². The highest BCUT2D eigenvalue weighted by Crippen LogP contribution is 2.46. The number of rotatable bonds is 6. The van der Waals surface area contributed by atoms with Crippen molar-refractivity contribution in [1.29, 1.82) is 0 Å². The van der Waals surface area contributed by atoms with Crippen LogP contribution in [0.25, 0.3) is 0 Å². The lowest BCUT2D eigenvalue weighted by atomic mass is 10.2. The standard InChI is InChI=1S/C24H26F4N6O3/c25-17-9-16(34-13-24(37-23(34)36)11-19(24)31-22(35)21(27)28)10-18(26)20(17)32-6-5-30-33(8-7-32)12-14-1-3-15(29)4-2-14/h1-4,9-10,19,21,30H,5-8,11-13,29H2,(H,31,35). The Labute approximate surface area is 210 Å². The van der Waals surface area contributed by atoms with Crippen molar-refractivity contribution in [2.24, 2.45) is 0 Å². The maximum Gasteiger partial charge on any atom is 0.415 e. The lowest BCUT2D eigenvalue weighted by molar-refractivity contribution is -0.132. The van der Waals surface area contributed by atoms with E-state index in [2.05, 4.69) is 10.7 Å². The number of alkyl halides is 2. The number of halogens is 4. The Morgan fingerprint density at radius 2 is 1.86 bits per heavy atom. The zero-order valence-electron chi connectivity index (χ0n) is 19.7. The van der Waals surface area contributed by atoms with Crippen molar-refractivity contribution in [3.63, 3.8) is 0 Å². The van der Waals surface area contributed by atoms with Crippen LogP contribution in [0.15, 0.2) is 36.4 Å². The molecule has 198 valence electrons. The molecule has 1 spiro atoms. The summed E-state index contributed by atoms with van der Waals surface area (Å²) in [6, 6.07) is 8.79. The number of hydrogen-bond acceptors (Lipinski definition) is 7. The Balaban J connectivity index is 1.25. The molecule has 2 atom stereocenters. The third-order valence-corrected chi connectivity index (χ3v) is 6.82. The molecule has 3 fully saturated rings. The molecular weight excluding hydrogens is 496 g/mol. The third kappa shape index (κ3) is 5.14. The van der Waals surface area contributed by atoms with E-state index in [0.717, 1.165) is 22.6 Å². The number of carbonyl (C=O) groups is 2. The summed E-state index contributed by atoms with van der Waals surface area (Å²) >= 11 is 0. The van der Waals surface area contributed by atoms with Crippen LogP contribution in [0.5, 0.6) is 0 Å². The normalized spacial score (nSPS) is 23.9. The van der Waals surface area contributed by atoms with Crippen LogP contribution < -0.4 is 26.3 Å². The number of hydrazine groups is 1. The van der Waals surface area contributed by atoms with Crippen LogP contribution in [-0.4, -0.2) is 67.8 Å². The van der Waals surface area contributed by atoms with Crippen molar-refractivity contribution in [2.45, 2.75) is 31.0 Å². The first-order valence-corrected chi connectivity index (χ1v) is 11.8. The van der Waals surface area contributed by atoms with Crippen LogP contribution in [0.3, 0.4) is 0 Å². The molecule has 13 heteroatoms. The number of nitrogens with zero attached hydrogens (tertiary/aromatic N) is 3. The summed E-state index contributed by atoms with van der Waals surface area (Å²) in [4.78, 5) is 26.3. The molecule has 4 N–H and O–H groups in total. The summed E-state index contributed by atoms with van der Waals surface area (Å²) in [7, 11) is 0. The van der Waals surface area contributed by atoms with E-state index in [4.69, 9.17) is 10.5 Å². The van der Waals surface area contributed by atoms with E-state index < -0.39 is 41.7 Å². The van der Waals surface area contributed by atoms with Gasteiger partial charge in [0.2, 0.25) is 0 Å². The summed E-state index contributed by atoms with van der Waals surface area (Å²) in [6.45, 7) is 2.14. The van der Waals surface area contributed by atoms with E-state index >= 15 is 8.78 Å². The first-order chi connectivity index (χ1) is 17.6. The van der Waals surface area contributed by atoms with Crippen molar-refractivity contribution in [1.82, 2.24) is 15.8 Å². The second kappa shape index (κ2) is 9.71. The van der Waals surface area contributed by atoms with Crippen LogP contribution >= 0.6 is 0 Å². The molecule has 9 nitrogen and oxygen atoms in total. The first-order valence-electron chi connectivity index (χ1n) is 11.8. The van der Waals surface area contributed by atoms with Gasteiger partial charge in [-0.05, 0) is 17.7 Å². The third-order valence-electron chi connectivity index (χ3n) is 6.82. The molecule has 0 aromatic heterocycles. The SMILES string of the molecule is Nc1ccc(CN2CCN(c3c(F)cc(N4CC5(CC5NC(=O)C(F)F)OC4=O)cc3F)CCN2)cc1. The maximum absolute atomic E-state index is 15.2. The number of nitrogens with two attached hydrogens (primary N) is 1. The zero-order chi connectivity index (χ0) is 26.3. The molecule has 5 rings (SSSR count). The molecule has 37 heavy (non-hydrogen) atoms. The predicted octanol–water partition coefficient (Wildman–Crippen LogP) is 2.22. The first kappa shape index (κ1) is 25.1. The highest BCUT2D eigenvalue weighted by Gasteiger charge is 2.64. The lowest BCUT2D eigenvalue weighted by Gasteiger charge is -2.25. The number of ether oxygens (including phenoxy) is 1. The summed E-state index contributed by atoms with van der Waals surface area (Å²) in [5, 5.41) is 4.08. The Hall–Kier alpha value is -3.58. The highest BCUT2D eigenvalue weighted by atomic mass is 19.3. The lowest BCUT2D eigenvalue weighted by Crippen LogP contribution is -2.38. The number of benzene rings is 2. The average molecular weight is 523 g/mol. The number of anilines is 3. The molecule has 0 bridgehead atoms. The van der Waals surface area contributed by atoms with E-state index in [9.17, 15) is 18.4 Å². The fraction of sp³-hybridized carbons (Fsp3) is 0.417. The van der Waals surface area contributed by atoms with E-state index in [1.807, 2.05) is 29.3 Å². The Morgan fingerprint density at radius 1 is 1.16 bits per heavy atom. The summed E-state index contributed by atoms with van der Waals surface area (Å²) < 4.78 is 60.7. The molecule has 1 aliphatic carbocycles. The second-order valence-corrected chi connectivity index (χ2v) is 9.40. The summed E-state index contributed by atoms with van der Waals surface area (Å²) in [6.07, 6.45) is -3.91. The fourth-order valence-electron chi connectivity index (χ4n) is 4.77. The van der Waals surface area contributed by atoms with Gasteiger partial charge >= 0.3 is 12.5 Å². The summed E-state index contributed by atoms with van der Waals surface area (Å²) in [5.41, 5.74) is 9.26. The number of amides is 2. The minimum Gasteiger partial charge on any atom is -0.438 e. The topological polar surface area (TPSA) is 103 Å². The average Bonchev–Trinajstić information content (AvgIpc) is 3.46. The van der Waals surface area contributed by atoms with E-state index in [1.54, 1.807) is 4.90 Å². The number of nitrogen functional groups attached to an aromatic ring is 1. The van der Waals surface area contributed by atoms with Crippen LogP contribution in [0.1, 0.15) is 12.0 Å². The monoisotopic (exact) mass is 522 g/mol. The molecule has 2 aliphatic heterocycles. The molecule has 2 aromatic rings. The predicted molar refractivity (Wildman–Crippen MR) is 127 cm³/mol. The Bertz CT molecular complexity index is 1180. The molecule has 2 amide bonds. The maximum atomic E-state index is 15.2. The van der Waals surface area contributed by atoms with Crippen molar-refractivity contribution in [3.8, 4) is 0 Å². The smallest absolute Gasteiger partial charge is 0.415 e. The van der Waals surface area contributed by atoms with Gasteiger partial charge in [-0.25, -0.2) is 18.6 Å². The van der Waals surface area contributed by atoms with Crippen molar-refractivity contribution in [3.05, 3.63) is 53.6 Å². The van der Waals surface area contributed by atoms with Gasteiger partial charge in [-0.15, -0.1) is 0 Å². The van der Waals surface area contributed by atoms with Crippen molar-refractivity contribution < 1.29 is 31.9 Å². The number of carbonyl (C=O) groups excluding carboxylic acids is 2. The summed E-state index contributed by atoms with van der Waals surface area (Å²) in [5.74, 6) is -3.14. The molecule has 2 heterocycles. The van der Waals surface area contributed by atoms with E-state index in [1.165, 1.54) is 0 Å². The Kier molecular flexibility index (Phi) is 6.58. The largest absolute Gasteiger partial charge is 0.438 e. The van der Waals surface area contributed by atoms with Gasteiger partial charge in [0.15, 0.2) is 17.2 Å². The molecular formula is C24H26F4N6O3.